The van der Waals surface area contributed by atoms with Gasteiger partial charge in [0.2, 0.25) is 0 Å². The average molecular weight is 474 g/mol. The minimum Gasteiger partial charge on any atom is -0.372 e. The molecule has 154 valence electrons. The summed E-state index contributed by atoms with van der Waals surface area (Å²) in [6.07, 6.45) is 3.46. The van der Waals surface area contributed by atoms with Crippen molar-refractivity contribution >= 4 is 28.1 Å². The number of rotatable bonds is 6. The van der Waals surface area contributed by atoms with Crippen molar-refractivity contribution in [3.05, 3.63) is 125 Å². The second kappa shape index (κ2) is 9.12. The first-order valence-corrected chi connectivity index (χ1v) is 10.5. The Bertz CT molecular complexity index is 1160. The van der Waals surface area contributed by atoms with E-state index in [9.17, 15) is 9.90 Å². The van der Waals surface area contributed by atoms with Crippen LogP contribution in [0.5, 0.6) is 0 Å². The van der Waals surface area contributed by atoms with Crippen molar-refractivity contribution in [2.75, 3.05) is 0 Å². The smallest absolute Gasteiger partial charge is 0.281 e. The number of carbonyl (C=O) groups excluding carboxylic acids is 1. The van der Waals surface area contributed by atoms with Gasteiger partial charge in [-0.25, -0.2) is 5.43 Å². The van der Waals surface area contributed by atoms with Crippen molar-refractivity contribution < 1.29 is 9.90 Å². The summed E-state index contributed by atoms with van der Waals surface area (Å²) in [6, 6.07) is 29.3. The fraction of sp³-hybridized carbons (Fsp3) is 0.0400. The molecule has 5 nitrogen and oxygen atoms in total. The number of hydrazone groups is 1. The molecule has 31 heavy (non-hydrogen) atoms. The first-order valence-electron chi connectivity index (χ1n) is 9.69. The van der Waals surface area contributed by atoms with Gasteiger partial charge in [-0.1, -0.05) is 82.7 Å². The lowest BCUT2D eigenvalue weighted by molar-refractivity contribution is -0.136. The fourth-order valence-electron chi connectivity index (χ4n) is 3.39. The Morgan fingerprint density at radius 1 is 0.903 bits per heavy atom. The van der Waals surface area contributed by atoms with E-state index in [-0.39, 0.29) is 0 Å². The number of aromatic nitrogens is 1. The summed E-state index contributed by atoms with van der Waals surface area (Å²) < 4.78 is 2.91. The van der Waals surface area contributed by atoms with Gasteiger partial charge in [-0.05, 0) is 41.5 Å². The fourth-order valence-corrected chi connectivity index (χ4v) is 3.77. The van der Waals surface area contributed by atoms with E-state index in [4.69, 9.17) is 0 Å². The Labute approximate surface area is 188 Å². The molecule has 1 heterocycles. The molecule has 3 aromatic carbocycles. The lowest BCUT2D eigenvalue weighted by atomic mass is 9.85. The predicted molar refractivity (Wildman–Crippen MR) is 125 cm³/mol. The second-order valence-electron chi connectivity index (χ2n) is 6.92. The number of halogens is 1. The first kappa shape index (κ1) is 20.8. The molecule has 0 spiro atoms. The van der Waals surface area contributed by atoms with Gasteiger partial charge in [-0.3, -0.25) is 4.79 Å². The number of hydrogen-bond donors (Lipinski definition) is 2. The molecule has 4 rings (SSSR count). The molecular formula is C25H20BrN3O2. The maximum atomic E-state index is 13.1. The third-order valence-electron chi connectivity index (χ3n) is 4.94. The van der Waals surface area contributed by atoms with Gasteiger partial charge in [0, 0.05) is 16.4 Å². The molecule has 0 unspecified atom stereocenters. The highest BCUT2D eigenvalue weighted by Gasteiger charge is 2.39. The Morgan fingerprint density at radius 3 is 2.16 bits per heavy atom. The van der Waals surface area contributed by atoms with Gasteiger partial charge in [0.1, 0.15) is 0 Å². The number of benzene rings is 3. The lowest BCUT2D eigenvalue weighted by Gasteiger charge is -2.27. The number of hydrogen-bond acceptors (Lipinski definition) is 3. The van der Waals surface area contributed by atoms with Gasteiger partial charge in [0.25, 0.3) is 5.91 Å². The van der Waals surface area contributed by atoms with E-state index < -0.39 is 11.5 Å². The van der Waals surface area contributed by atoms with E-state index in [1.165, 1.54) is 0 Å². The molecule has 0 radical (unpaired) electrons. The molecule has 4 aromatic rings. The van der Waals surface area contributed by atoms with E-state index in [2.05, 4.69) is 26.5 Å². The van der Waals surface area contributed by atoms with Crippen LogP contribution in [-0.4, -0.2) is 21.8 Å². The maximum Gasteiger partial charge on any atom is 0.281 e. The second-order valence-corrected chi connectivity index (χ2v) is 7.84. The molecule has 1 amide bonds. The van der Waals surface area contributed by atoms with Crippen LogP contribution >= 0.6 is 15.9 Å². The molecule has 0 bridgehead atoms. The van der Waals surface area contributed by atoms with E-state index in [0.717, 1.165) is 15.9 Å². The minimum absolute atomic E-state index is 0.464. The third-order valence-corrected chi connectivity index (χ3v) is 5.43. The molecule has 2 N–H and O–H groups in total. The van der Waals surface area contributed by atoms with Gasteiger partial charge in [-0.2, -0.15) is 5.10 Å². The summed E-state index contributed by atoms with van der Waals surface area (Å²) in [5.41, 5.74) is 3.30. The minimum atomic E-state index is -1.87. The normalized spacial score (nSPS) is 11.5. The van der Waals surface area contributed by atoms with Gasteiger partial charge < -0.3 is 9.67 Å². The van der Waals surface area contributed by atoms with Crippen LogP contribution in [0.4, 0.5) is 0 Å². The Balaban J connectivity index is 1.60. The Kier molecular flexibility index (Phi) is 6.11. The Hall–Kier alpha value is -3.48. The zero-order valence-corrected chi connectivity index (χ0v) is 18.1. The number of amides is 1. The molecule has 0 saturated heterocycles. The Morgan fingerprint density at radius 2 is 1.55 bits per heavy atom. The molecule has 1 aromatic heterocycles. The predicted octanol–water partition coefficient (Wildman–Crippen LogP) is 4.63. The van der Waals surface area contributed by atoms with Crippen LogP contribution in [0.1, 0.15) is 16.8 Å². The topological polar surface area (TPSA) is 66.6 Å². The quantitative estimate of drug-likeness (QED) is 0.316. The van der Waals surface area contributed by atoms with E-state index >= 15 is 0 Å². The average Bonchev–Trinajstić information content (AvgIpc) is 3.28. The summed E-state index contributed by atoms with van der Waals surface area (Å²) in [5, 5.41) is 15.6. The van der Waals surface area contributed by atoms with Gasteiger partial charge in [-0.15, -0.1) is 0 Å². The number of nitrogens with one attached hydrogen (secondary N) is 1. The highest BCUT2D eigenvalue weighted by atomic mass is 79.9. The monoisotopic (exact) mass is 473 g/mol. The SMILES string of the molecule is O=C(N/N=C\c1cccn1-c1cccc(Br)c1)C(O)(c1ccccc1)c1ccccc1. The summed E-state index contributed by atoms with van der Waals surface area (Å²) in [6.45, 7) is 0. The van der Waals surface area contributed by atoms with Crippen molar-refractivity contribution in [3.8, 4) is 5.69 Å². The molecule has 0 saturated carbocycles. The number of aliphatic hydroxyl groups is 1. The van der Waals surface area contributed by atoms with Crippen LogP contribution < -0.4 is 5.43 Å². The summed E-state index contributed by atoms with van der Waals surface area (Å²) in [5.74, 6) is -0.637. The largest absolute Gasteiger partial charge is 0.372 e. The van der Waals surface area contributed by atoms with Crippen LogP contribution in [0.15, 0.2) is 113 Å². The third kappa shape index (κ3) is 4.35. The molecule has 0 fully saturated rings. The molecule has 0 aliphatic carbocycles. The molecule has 6 heteroatoms. The zero-order chi connectivity index (χ0) is 21.7. The molecule has 0 atom stereocenters. The van der Waals surface area contributed by atoms with Crippen LogP contribution in [0.3, 0.4) is 0 Å². The van der Waals surface area contributed by atoms with Crippen molar-refractivity contribution in [3.63, 3.8) is 0 Å². The summed E-state index contributed by atoms with van der Waals surface area (Å²) in [4.78, 5) is 13.1. The maximum absolute atomic E-state index is 13.1. The van der Waals surface area contributed by atoms with E-state index in [1.807, 2.05) is 59.3 Å². The molecule has 0 aliphatic heterocycles. The van der Waals surface area contributed by atoms with Crippen LogP contribution in [0.25, 0.3) is 5.69 Å². The van der Waals surface area contributed by atoms with Crippen molar-refractivity contribution in [1.82, 2.24) is 9.99 Å². The van der Waals surface area contributed by atoms with Crippen LogP contribution in [0.2, 0.25) is 0 Å². The van der Waals surface area contributed by atoms with E-state index in [0.29, 0.717) is 11.1 Å². The standard InChI is InChI=1S/C25H20BrN3O2/c26-21-13-7-14-22(17-21)29-16-8-15-23(29)18-27-28-24(30)25(31,19-9-3-1-4-10-19)20-11-5-2-6-12-20/h1-18,31H,(H,28,30)/b27-18-. The number of nitrogens with zero attached hydrogens (tertiary/aromatic N) is 2. The highest BCUT2D eigenvalue weighted by molar-refractivity contribution is 9.10. The zero-order valence-electron chi connectivity index (χ0n) is 16.5. The summed E-state index contributed by atoms with van der Waals surface area (Å²) >= 11 is 3.48. The highest BCUT2D eigenvalue weighted by Crippen LogP contribution is 2.29. The molecule has 0 aliphatic rings. The van der Waals surface area contributed by atoms with Gasteiger partial charge in [0.05, 0.1) is 11.9 Å². The van der Waals surface area contributed by atoms with Crippen LogP contribution in [-0.2, 0) is 10.4 Å². The lowest BCUT2D eigenvalue weighted by Crippen LogP contribution is -2.43. The van der Waals surface area contributed by atoms with Crippen molar-refractivity contribution in [2.45, 2.75) is 5.60 Å². The van der Waals surface area contributed by atoms with Crippen molar-refractivity contribution in [2.24, 2.45) is 5.10 Å². The summed E-state index contributed by atoms with van der Waals surface area (Å²) in [7, 11) is 0. The van der Waals surface area contributed by atoms with Crippen molar-refractivity contribution in [1.29, 1.82) is 0 Å². The molecular weight excluding hydrogens is 454 g/mol. The van der Waals surface area contributed by atoms with Gasteiger partial charge >= 0.3 is 0 Å². The van der Waals surface area contributed by atoms with E-state index in [1.54, 1.807) is 54.7 Å². The number of carbonyl (C=O) groups is 1. The van der Waals surface area contributed by atoms with Crippen LogP contribution in [0, 0.1) is 0 Å². The van der Waals surface area contributed by atoms with Gasteiger partial charge in [0.15, 0.2) is 5.60 Å². The first-order chi connectivity index (χ1) is 15.1.